The van der Waals surface area contributed by atoms with Crippen LogP contribution in [0.4, 0.5) is 5.69 Å². The molecular weight excluding hydrogens is 242 g/mol. The minimum atomic E-state index is 0.674. The second kappa shape index (κ2) is 4.35. The minimum absolute atomic E-state index is 0.674. The molecule has 0 aliphatic carbocycles. The molecule has 90 valence electrons. The largest absolute Gasteiger partial charge is 0.495 e. The molecule has 18 heavy (non-hydrogen) atoms. The zero-order valence-corrected chi connectivity index (χ0v) is 10.8. The van der Waals surface area contributed by atoms with Crippen molar-refractivity contribution < 1.29 is 4.74 Å². The molecule has 1 aromatic heterocycles. The highest BCUT2D eigenvalue weighted by molar-refractivity contribution is 7.22. The van der Waals surface area contributed by atoms with E-state index in [0.717, 1.165) is 11.3 Å². The van der Waals surface area contributed by atoms with Gasteiger partial charge in [-0.3, -0.25) is 0 Å². The van der Waals surface area contributed by atoms with Crippen LogP contribution in [0.2, 0.25) is 0 Å². The van der Waals surface area contributed by atoms with Crippen LogP contribution in [0.25, 0.3) is 20.5 Å². The predicted octanol–water partition coefficient (Wildman–Crippen LogP) is 4.16. The van der Waals surface area contributed by atoms with Gasteiger partial charge in [-0.2, -0.15) is 0 Å². The highest BCUT2D eigenvalue weighted by Crippen LogP contribution is 2.35. The van der Waals surface area contributed by atoms with Crippen molar-refractivity contribution in [3.05, 3.63) is 48.5 Å². The highest BCUT2D eigenvalue weighted by atomic mass is 32.1. The van der Waals surface area contributed by atoms with Gasteiger partial charge >= 0.3 is 0 Å². The lowest BCUT2D eigenvalue weighted by Gasteiger charge is -2.05. The van der Waals surface area contributed by atoms with E-state index in [0.29, 0.717) is 5.69 Å². The molecule has 0 saturated carbocycles. The molecule has 0 saturated heterocycles. The van der Waals surface area contributed by atoms with Gasteiger partial charge in [0.2, 0.25) is 0 Å². The summed E-state index contributed by atoms with van der Waals surface area (Å²) >= 11 is 1.78. The molecule has 2 nitrogen and oxygen atoms in total. The molecule has 3 aromatic rings. The average molecular weight is 255 g/mol. The Balaban J connectivity index is 2.11. The molecule has 0 unspecified atom stereocenters. The number of nitrogens with two attached hydrogens (primary N) is 1. The molecule has 3 rings (SSSR count). The van der Waals surface area contributed by atoms with Gasteiger partial charge in [-0.25, -0.2) is 0 Å². The van der Waals surface area contributed by atoms with E-state index < -0.39 is 0 Å². The average Bonchev–Trinajstić information content (AvgIpc) is 2.82. The van der Waals surface area contributed by atoms with Gasteiger partial charge in [-0.1, -0.05) is 18.2 Å². The number of methoxy groups -OCH3 is 1. The van der Waals surface area contributed by atoms with E-state index in [1.54, 1.807) is 18.4 Å². The number of anilines is 1. The Hall–Kier alpha value is -2.00. The quantitative estimate of drug-likeness (QED) is 0.698. The highest BCUT2D eigenvalue weighted by Gasteiger charge is 2.06. The summed E-state index contributed by atoms with van der Waals surface area (Å²) in [5, 5.41) is 1.27. The number of rotatable bonds is 2. The number of hydrogen-bond acceptors (Lipinski definition) is 3. The summed E-state index contributed by atoms with van der Waals surface area (Å²) in [6.45, 7) is 0. The van der Waals surface area contributed by atoms with Crippen LogP contribution in [0.5, 0.6) is 5.75 Å². The molecule has 0 atom stereocenters. The van der Waals surface area contributed by atoms with Gasteiger partial charge in [0.15, 0.2) is 0 Å². The number of hydrogen-bond donors (Lipinski definition) is 1. The summed E-state index contributed by atoms with van der Waals surface area (Å²) in [7, 11) is 1.63. The molecule has 0 bridgehead atoms. The van der Waals surface area contributed by atoms with Crippen molar-refractivity contribution in [1.29, 1.82) is 0 Å². The maximum atomic E-state index is 5.94. The second-order valence-corrected chi connectivity index (χ2v) is 5.19. The number of benzene rings is 2. The van der Waals surface area contributed by atoms with Gasteiger partial charge in [0, 0.05) is 9.58 Å². The van der Waals surface area contributed by atoms with E-state index in [-0.39, 0.29) is 0 Å². The van der Waals surface area contributed by atoms with Crippen molar-refractivity contribution >= 4 is 27.1 Å². The summed E-state index contributed by atoms with van der Waals surface area (Å²) in [6.07, 6.45) is 0. The summed E-state index contributed by atoms with van der Waals surface area (Å²) in [4.78, 5) is 1.23. The van der Waals surface area contributed by atoms with E-state index in [2.05, 4.69) is 30.3 Å². The fourth-order valence-corrected chi connectivity index (χ4v) is 3.07. The van der Waals surface area contributed by atoms with Crippen LogP contribution in [0.3, 0.4) is 0 Å². The molecule has 2 N–H and O–H groups in total. The van der Waals surface area contributed by atoms with E-state index in [9.17, 15) is 0 Å². The molecule has 0 aliphatic rings. The Bertz CT molecular complexity index is 670. The minimum Gasteiger partial charge on any atom is -0.495 e. The Kier molecular flexibility index (Phi) is 2.68. The van der Waals surface area contributed by atoms with Gasteiger partial charge in [-0.05, 0) is 41.3 Å². The van der Waals surface area contributed by atoms with Crippen LogP contribution in [0, 0.1) is 0 Å². The Morgan fingerprint density at radius 3 is 2.61 bits per heavy atom. The molecule has 1 heterocycles. The number of ether oxygens (including phenoxy) is 1. The van der Waals surface area contributed by atoms with Crippen molar-refractivity contribution in [1.82, 2.24) is 0 Å². The van der Waals surface area contributed by atoms with Crippen LogP contribution in [-0.4, -0.2) is 7.11 Å². The van der Waals surface area contributed by atoms with E-state index in [1.807, 2.05) is 18.2 Å². The molecule has 0 fully saturated rings. The fraction of sp³-hybridized carbons (Fsp3) is 0.0667. The lowest BCUT2D eigenvalue weighted by atomic mass is 10.1. The van der Waals surface area contributed by atoms with E-state index in [4.69, 9.17) is 10.5 Å². The van der Waals surface area contributed by atoms with E-state index in [1.165, 1.54) is 15.0 Å². The lowest BCUT2D eigenvalue weighted by Crippen LogP contribution is -1.91. The monoisotopic (exact) mass is 255 g/mol. The van der Waals surface area contributed by atoms with Gasteiger partial charge < -0.3 is 10.5 Å². The third-order valence-corrected chi connectivity index (χ3v) is 4.10. The maximum Gasteiger partial charge on any atom is 0.141 e. The van der Waals surface area contributed by atoms with Crippen LogP contribution in [0.15, 0.2) is 48.5 Å². The summed E-state index contributed by atoms with van der Waals surface area (Å²) in [5.74, 6) is 0.722. The van der Waals surface area contributed by atoms with Gasteiger partial charge in [0.25, 0.3) is 0 Å². The van der Waals surface area contributed by atoms with Crippen LogP contribution >= 0.6 is 11.3 Å². The Labute approximate surface area is 110 Å². The molecule has 0 radical (unpaired) electrons. The van der Waals surface area contributed by atoms with Gasteiger partial charge in [0.05, 0.1) is 12.8 Å². The summed E-state index contributed by atoms with van der Waals surface area (Å²) < 4.78 is 6.47. The van der Waals surface area contributed by atoms with Crippen molar-refractivity contribution in [2.75, 3.05) is 12.8 Å². The third kappa shape index (κ3) is 1.83. The molecule has 3 heteroatoms. The first-order valence-corrected chi connectivity index (χ1v) is 6.52. The van der Waals surface area contributed by atoms with Crippen LogP contribution in [0.1, 0.15) is 0 Å². The number of thiophene rings is 1. The molecular formula is C15H13NOS. The lowest BCUT2D eigenvalue weighted by molar-refractivity contribution is 0.417. The summed E-state index contributed by atoms with van der Waals surface area (Å²) in [5.41, 5.74) is 7.75. The van der Waals surface area contributed by atoms with Gasteiger partial charge in [0.1, 0.15) is 5.75 Å². The molecule has 2 aromatic carbocycles. The standard InChI is InChI=1S/C15H13NOS/c1-17-13-7-6-11(8-12(13)16)15-9-10-4-2-3-5-14(10)18-15/h2-9H,16H2,1H3. The summed E-state index contributed by atoms with van der Waals surface area (Å²) in [6, 6.07) is 16.5. The van der Waals surface area contributed by atoms with Crippen molar-refractivity contribution in [3.63, 3.8) is 0 Å². The van der Waals surface area contributed by atoms with Crippen molar-refractivity contribution in [2.45, 2.75) is 0 Å². The fourth-order valence-electron chi connectivity index (χ4n) is 2.01. The zero-order chi connectivity index (χ0) is 12.5. The third-order valence-electron chi connectivity index (χ3n) is 2.94. The molecule has 0 aliphatic heterocycles. The molecule has 0 spiro atoms. The van der Waals surface area contributed by atoms with Crippen molar-refractivity contribution in [3.8, 4) is 16.2 Å². The second-order valence-electron chi connectivity index (χ2n) is 4.11. The molecule has 0 amide bonds. The van der Waals surface area contributed by atoms with Crippen molar-refractivity contribution in [2.24, 2.45) is 0 Å². The maximum absolute atomic E-state index is 5.94. The SMILES string of the molecule is COc1ccc(-c2cc3ccccc3s2)cc1N. The Morgan fingerprint density at radius 1 is 1.06 bits per heavy atom. The first-order chi connectivity index (χ1) is 8.78. The topological polar surface area (TPSA) is 35.2 Å². The van der Waals surface area contributed by atoms with Gasteiger partial charge in [-0.15, -0.1) is 11.3 Å². The van der Waals surface area contributed by atoms with Crippen LogP contribution in [-0.2, 0) is 0 Å². The Morgan fingerprint density at radius 2 is 1.89 bits per heavy atom. The first-order valence-electron chi connectivity index (χ1n) is 5.70. The zero-order valence-electron chi connectivity index (χ0n) is 10.0. The number of nitrogen functional groups attached to an aromatic ring is 1. The smallest absolute Gasteiger partial charge is 0.141 e. The first kappa shape index (κ1) is 11.1. The predicted molar refractivity (Wildman–Crippen MR) is 78.2 cm³/mol. The van der Waals surface area contributed by atoms with Crippen LogP contribution < -0.4 is 10.5 Å². The van der Waals surface area contributed by atoms with E-state index >= 15 is 0 Å². The normalized spacial score (nSPS) is 10.7. The number of fused-ring (bicyclic) bond motifs is 1.